The van der Waals surface area contributed by atoms with Gasteiger partial charge in [-0.15, -0.1) is 0 Å². The molecular formula is C18H18ClN3O3S. The summed E-state index contributed by atoms with van der Waals surface area (Å²) in [5.41, 5.74) is 3.43. The molecule has 3 aromatic rings. The van der Waals surface area contributed by atoms with Gasteiger partial charge in [-0.05, 0) is 62.7 Å². The molecule has 0 unspecified atom stereocenters. The van der Waals surface area contributed by atoms with Crippen molar-refractivity contribution in [2.75, 3.05) is 10.0 Å². The lowest BCUT2D eigenvalue weighted by molar-refractivity contribution is 0.390. The van der Waals surface area contributed by atoms with E-state index < -0.39 is 10.0 Å². The molecule has 136 valence electrons. The summed E-state index contributed by atoms with van der Waals surface area (Å²) < 4.78 is 32.5. The van der Waals surface area contributed by atoms with Crippen molar-refractivity contribution >= 4 is 38.7 Å². The topological polar surface area (TPSA) is 84.2 Å². The number of sulfonamides is 1. The molecule has 0 radical (unpaired) electrons. The van der Waals surface area contributed by atoms with E-state index in [0.29, 0.717) is 16.4 Å². The summed E-state index contributed by atoms with van der Waals surface area (Å²) in [4.78, 5) is 0.0639. The molecule has 0 saturated heterocycles. The molecular weight excluding hydrogens is 374 g/mol. The number of nitrogens with one attached hydrogen (secondary N) is 2. The quantitative estimate of drug-likeness (QED) is 0.652. The van der Waals surface area contributed by atoms with Crippen LogP contribution >= 0.6 is 11.6 Å². The smallest absolute Gasteiger partial charge is 0.267 e. The van der Waals surface area contributed by atoms with Crippen LogP contribution in [0, 0.1) is 20.8 Å². The summed E-state index contributed by atoms with van der Waals surface area (Å²) >= 11 is 6.12. The van der Waals surface area contributed by atoms with Crippen molar-refractivity contribution in [3.05, 3.63) is 64.5 Å². The molecule has 26 heavy (non-hydrogen) atoms. The van der Waals surface area contributed by atoms with Crippen molar-refractivity contribution in [3.63, 3.8) is 0 Å². The molecule has 2 aromatic carbocycles. The zero-order chi connectivity index (χ0) is 18.9. The van der Waals surface area contributed by atoms with E-state index >= 15 is 0 Å². The fraction of sp³-hybridized carbons (Fsp3) is 0.167. The van der Waals surface area contributed by atoms with Crippen LogP contribution in [0.15, 0.2) is 51.9 Å². The third kappa shape index (κ3) is 3.84. The molecule has 0 saturated carbocycles. The minimum atomic E-state index is -3.76. The zero-order valence-corrected chi connectivity index (χ0v) is 16.1. The number of aromatic nitrogens is 1. The predicted octanol–water partition coefficient (Wildman–Crippen LogP) is 4.80. The van der Waals surface area contributed by atoms with Crippen LogP contribution < -0.4 is 10.0 Å². The minimum absolute atomic E-state index is 0.0639. The van der Waals surface area contributed by atoms with Gasteiger partial charge in [0, 0.05) is 22.1 Å². The molecule has 6 nitrogen and oxygen atoms in total. The van der Waals surface area contributed by atoms with Crippen LogP contribution in [0.1, 0.15) is 17.0 Å². The van der Waals surface area contributed by atoms with Gasteiger partial charge in [0.1, 0.15) is 5.69 Å². The Morgan fingerprint density at radius 3 is 2.15 bits per heavy atom. The van der Waals surface area contributed by atoms with Gasteiger partial charge in [0.05, 0.1) is 0 Å². The second kappa shape index (κ2) is 7.01. The Kier molecular flexibility index (Phi) is 4.93. The van der Waals surface area contributed by atoms with Gasteiger partial charge in [-0.3, -0.25) is 4.72 Å². The molecule has 0 aliphatic carbocycles. The Labute approximate surface area is 157 Å². The summed E-state index contributed by atoms with van der Waals surface area (Å²) in [5, 5.41) is 7.58. The van der Waals surface area contributed by atoms with E-state index in [2.05, 4.69) is 15.2 Å². The van der Waals surface area contributed by atoms with Gasteiger partial charge < -0.3 is 9.84 Å². The number of benzene rings is 2. The zero-order valence-electron chi connectivity index (χ0n) is 14.5. The molecule has 0 atom stereocenters. The molecule has 0 aliphatic heterocycles. The van der Waals surface area contributed by atoms with E-state index in [9.17, 15) is 8.42 Å². The summed E-state index contributed by atoms with van der Waals surface area (Å²) in [6.07, 6.45) is 0. The Bertz CT molecular complexity index is 1020. The minimum Gasteiger partial charge on any atom is -0.360 e. The van der Waals surface area contributed by atoms with Crippen LogP contribution in [0.2, 0.25) is 5.02 Å². The van der Waals surface area contributed by atoms with Crippen LogP contribution in [0.3, 0.4) is 0 Å². The molecule has 0 aliphatic rings. The number of hydrogen-bond donors (Lipinski definition) is 2. The standard InChI is InChI=1S/C18H18ClN3O3S/c1-11-4-5-16(10-17(11)19)20-14-6-8-15(9-7-14)22-26(23,24)18-12(2)21-25-13(18)3/h4-10,20,22H,1-3H3. The summed E-state index contributed by atoms with van der Waals surface area (Å²) in [5.74, 6) is 0.254. The Morgan fingerprint density at radius 1 is 0.962 bits per heavy atom. The van der Waals surface area contributed by atoms with E-state index in [1.807, 2.05) is 25.1 Å². The second-order valence-corrected chi connectivity index (χ2v) is 7.95. The lowest BCUT2D eigenvalue weighted by Crippen LogP contribution is -2.14. The molecule has 0 bridgehead atoms. The lowest BCUT2D eigenvalue weighted by Gasteiger charge is -2.10. The van der Waals surface area contributed by atoms with Gasteiger partial charge in [0.15, 0.2) is 10.7 Å². The molecule has 1 heterocycles. The number of hydrogen-bond acceptors (Lipinski definition) is 5. The molecule has 0 fully saturated rings. The van der Waals surface area contributed by atoms with Gasteiger partial charge >= 0.3 is 0 Å². The van der Waals surface area contributed by atoms with Gasteiger partial charge in [0.2, 0.25) is 0 Å². The van der Waals surface area contributed by atoms with Crippen LogP contribution in [0.4, 0.5) is 17.1 Å². The number of nitrogens with zero attached hydrogens (tertiary/aromatic N) is 1. The number of halogens is 1. The first-order chi connectivity index (χ1) is 12.3. The molecule has 3 rings (SSSR count). The first-order valence-electron chi connectivity index (χ1n) is 7.85. The molecule has 2 N–H and O–H groups in total. The Morgan fingerprint density at radius 2 is 1.58 bits per heavy atom. The van der Waals surface area contributed by atoms with Crippen molar-refractivity contribution in [3.8, 4) is 0 Å². The average molecular weight is 392 g/mol. The largest absolute Gasteiger partial charge is 0.360 e. The van der Waals surface area contributed by atoms with Crippen molar-refractivity contribution < 1.29 is 12.9 Å². The second-order valence-electron chi connectivity index (χ2n) is 5.93. The van der Waals surface area contributed by atoms with Crippen LogP contribution in [0.25, 0.3) is 0 Å². The normalized spacial score (nSPS) is 11.4. The van der Waals surface area contributed by atoms with Crippen molar-refractivity contribution in [2.24, 2.45) is 0 Å². The van der Waals surface area contributed by atoms with Gasteiger partial charge in [0.25, 0.3) is 10.0 Å². The monoisotopic (exact) mass is 391 g/mol. The Hall–Kier alpha value is -2.51. The fourth-order valence-electron chi connectivity index (χ4n) is 2.52. The van der Waals surface area contributed by atoms with Gasteiger partial charge in [-0.1, -0.05) is 22.8 Å². The highest BCUT2D eigenvalue weighted by Crippen LogP contribution is 2.26. The van der Waals surface area contributed by atoms with E-state index in [-0.39, 0.29) is 10.7 Å². The first-order valence-corrected chi connectivity index (χ1v) is 9.71. The summed E-state index contributed by atoms with van der Waals surface area (Å²) in [6, 6.07) is 12.6. The molecule has 0 amide bonds. The van der Waals surface area contributed by atoms with Crippen molar-refractivity contribution in [2.45, 2.75) is 25.7 Å². The van der Waals surface area contributed by atoms with Crippen molar-refractivity contribution in [1.29, 1.82) is 0 Å². The first kappa shape index (κ1) is 18.3. The maximum absolute atomic E-state index is 12.5. The fourth-order valence-corrected chi connectivity index (χ4v) is 4.09. The summed E-state index contributed by atoms with van der Waals surface area (Å²) in [7, 11) is -3.76. The number of aryl methyl sites for hydroxylation is 3. The van der Waals surface area contributed by atoms with Gasteiger partial charge in [-0.2, -0.15) is 0 Å². The van der Waals surface area contributed by atoms with Crippen LogP contribution in [-0.4, -0.2) is 13.6 Å². The SMILES string of the molecule is Cc1ccc(Nc2ccc(NS(=O)(=O)c3c(C)noc3C)cc2)cc1Cl. The predicted molar refractivity (Wildman–Crippen MR) is 103 cm³/mol. The highest BCUT2D eigenvalue weighted by molar-refractivity contribution is 7.92. The van der Waals surface area contributed by atoms with Crippen LogP contribution in [-0.2, 0) is 10.0 Å². The van der Waals surface area contributed by atoms with E-state index in [0.717, 1.165) is 16.9 Å². The number of rotatable bonds is 5. The van der Waals surface area contributed by atoms with E-state index in [4.69, 9.17) is 16.1 Å². The molecule has 1 aromatic heterocycles. The third-order valence-corrected chi connectivity index (χ3v) is 5.87. The van der Waals surface area contributed by atoms with Gasteiger partial charge in [-0.25, -0.2) is 8.42 Å². The average Bonchev–Trinajstić information content (AvgIpc) is 2.92. The Balaban J connectivity index is 1.76. The van der Waals surface area contributed by atoms with Crippen molar-refractivity contribution in [1.82, 2.24) is 5.16 Å². The molecule has 8 heteroatoms. The lowest BCUT2D eigenvalue weighted by atomic mass is 10.2. The van der Waals surface area contributed by atoms with E-state index in [1.54, 1.807) is 38.1 Å². The number of anilines is 3. The highest BCUT2D eigenvalue weighted by Gasteiger charge is 2.24. The highest BCUT2D eigenvalue weighted by atomic mass is 35.5. The van der Waals surface area contributed by atoms with Crippen LogP contribution in [0.5, 0.6) is 0 Å². The maximum Gasteiger partial charge on any atom is 0.267 e. The summed E-state index contributed by atoms with van der Waals surface area (Å²) in [6.45, 7) is 5.09. The van der Waals surface area contributed by atoms with E-state index in [1.165, 1.54) is 0 Å². The third-order valence-electron chi connectivity index (χ3n) is 3.83. The maximum atomic E-state index is 12.5. The molecule has 0 spiro atoms.